The molecule has 0 spiro atoms. The van der Waals surface area contributed by atoms with Crippen LogP contribution in [0.1, 0.15) is 0 Å². The van der Waals surface area contributed by atoms with E-state index in [0.717, 1.165) is 0 Å². The maximum atomic E-state index is 12.7. The average molecular weight is 608 g/mol. The Morgan fingerprint density at radius 3 is 0.816 bits per heavy atom. The fourth-order valence-corrected chi connectivity index (χ4v) is 3.08. The highest BCUT2D eigenvalue weighted by Crippen LogP contribution is 2.49. The Balaban J connectivity index is 4.23. The van der Waals surface area contributed by atoms with E-state index in [0.29, 0.717) is 0 Å². The lowest BCUT2D eigenvalue weighted by atomic mass is 10.7. The highest BCUT2D eigenvalue weighted by Gasteiger charge is 2.29. The second kappa shape index (κ2) is 20.2. The molecule has 0 N–H and O–H groups in total. The van der Waals surface area contributed by atoms with Gasteiger partial charge >= 0.3 is 26.4 Å². The minimum absolute atomic E-state index is 0.222. The Hall–Kier alpha value is -0.760. The lowest BCUT2D eigenvalue weighted by Crippen LogP contribution is -2.20. The zero-order valence-electron chi connectivity index (χ0n) is 20.0. The number of hydrogen-bond acceptors (Lipinski definition) is 10. The summed E-state index contributed by atoms with van der Waals surface area (Å²) in [6.45, 7) is -7.93. The lowest BCUT2D eigenvalue weighted by Gasteiger charge is -2.18. The summed E-state index contributed by atoms with van der Waals surface area (Å²) in [6, 6.07) is 0. The molecule has 0 aromatic heterocycles. The molecule has 0 aromatic rings. The Bertz CT molecular complexity index is 540. The highest BCUT2D eigenvalue weighted by molar-refractivity contribution is 7.48. The number of phosphoric ester groups is 1. The summed E-state index contributed by atoms with van der Waals surface area (Å²) in [5.74, 6) is 0. The fourth-order valence-electron chi connectivity index (χ4n) is 1.96. The van der Waals surface area contributed by atoms with Crippen LogP contribution in [0.4, 0.5) is 39.5 Å². The molecule has 0 heterocycles. The molecule has 0 amide bonds. The van der Waals surface area contributed by atoms with Crippen LogP contribution < -0.4 is 0 Å². The molecule has 0 fully saturated rings. The van der Waals surface area contributed by atoms with Crippen molar-refractivity contribution in [2.24, 2.45) is 0 Å². The van der Waals surface area contributed by atoms with Gasteiger partial charge in [-0.15, -0.1) is 0 Å². The van der Waals surface area contributed by atoms with Gasteiger partial charge in [-0.1, -0.05) is 0 Å². The topological polar surface area (TPSA) is 100 Å². The monoisotopic (exact) mass is 608 g/mol. The van der Waals surface area contributed by atoms with Gasteiger partial charge in [0.15, 0.2) is 0 Å². The van der Waals surface area contributed by atoms with E-state index >= 15 is 0 Å². The van der Waals surface area contributed by atoms with Gasteiger partial charge in [0, 0.05) is 0 Å². The smallest absolute Gasteiger partial charge is 0.377 e. The summed E-state index contributed by atoms with van der Waals surface area (Å²) < 4.78 is 163. The van der Waals surface area contributed by atoms with Gasteiger partial charge in [0.1, 0.15) is 19.8 Å². The first-order valence-corrected chi connectivity index (χ1v) is 12.3. The summed E-state index contributed by atoms with van der Waals surface area (Å²) in [5.41, 5.74) is 0. The van der Waals surface area contributed by atoms with Crippen LogP contribution in [0, 0.1) is 0 Å². The first-order valence-electron chi connectivity index (χ1n) is 10.8. The quantitative estimate of drug-likeness (QED) is 0.0911. The first kappa shape index (κ1) is 37.2. The van der Waals surface area contributed by atoms with Crippen molar-refractivity contribution in [1.82, 2.24) is 0 Å². The Morgan fingerprint density at radius 2 is 0.579 bits per heavy atom. The summed E-state index contributed by atoms with van der Waals surface area (Å²) in [7, 11) is -4.25. The van der Waals surface area contributed by atoms with Gasteiger partial charge in [0.05, 0.1) is 79.3 Å². The third-order valence-electron chi connectivity index (χ3n) is 3.34. The van der Waals surface area contributed by atoms with Crippen LogP contribution in [-0.4, -0.2) is 118 Å². The zero-order chi connectivity index (χ0) is 29.0. The molecule has 0 aliphatic carbocycles. The molecule has 20 heteroatoms. The molecule has 10 nitrogen and oxygen atoms in total. The van der Waals surface area contributed by atoms with Crippen LogP contribution in [0.3, 0.4) is 0 Å². The predicted molar refractivity (Wildman–Crippen MR) is 109 cm³/mol. The van der Waals surface area contributed by atoms with Crippen LogP contribution in [0.2, 0.25) is 0 Å². The van der Waals surface area contributed by atoms with E-state index in [4.69, 9.17) is 27.8 Å². The van der Waals surface area contributed by atoms with Gasteiger partial charge in [-0.25, -0.2) is 4.57 Å². The predicted octanol–water partition coefficient (Wildman–Crippen LogP) is 3.93. The van der Waals surface area contributed by atoms with Gasteiger partial charge in [0.25, 0.3) is 0 Å². The van der Waals surface area contributed by atoms with Gasteiger partial charge < -0.3 is 28.4 Å². The van der Waals surface area contributed by atoms with Crippen molar-refractivity contribution >= 4 is 7.82 Å². The van der Waals surface area contributed by atoms with E-state index in [9.17, 15) is 44.1 Å². The molecule has 0 atom stereocenters. The second-order valence-corrected chi connectivity index (χ2v) is 8.46. The molecule has 0 rings (SSSR count). The Kier molecular flexibility index (Phi) is 19.8. The number of ether oxygens (including phenoxy) is 6. The normalized spacial score (nSPS) is 13.4. The summed E-state index contributed by atoms with van der Waals surface area (Å²) in [6.07, 6.45) is -13.4. The van der Waals surface area contributed by atoms with Crippen molar-refractivity contribution in [1.29, 1.82) is 0 Å². The Labute approximate surface area is 212 Å². The number of rotatable bonds is 24. The van der Waals surface area contributed by atoms with Crippen molar-refractivity contribution in [3.05, 3.63) is 0 Å². The van der Waals surface area contributed by atoms with Crippen molar-refractivity contribution in [3.8, 4) is 0 Å². The molecule has 0 radical (unpaired) electrons. The number of phosphoric acid groups is 1. The lowest BCUT2D eigenvalue weighted by molar-refractivity contribution is -0.177. The molecule has 0 bridgehead atoms. The maximum absolute atomic E-state index is 12.7. The van der Waals surface area contributed by atoms with Crippen molar-refractivity contribution in [2.45, 2.75) is 18.5 Å². The van der Waals surface area contributed by atoms with Gasteiger partial charge in [-0.05, 0) is 0 Å². The summed E-state index contributed by atoms with van der Waals surface area (Å²) >= 11 is 0. The largest absolute Gasteiger partial charge is 0.475 e. The molecule has 0 saturated heterocycles. The minimum atomic E-state index is -4.48. The van der Waals surface area contributed by atoms with Gasteiger partial charge in [-0.2, -0.15) is 39.5 Å². The first-order chi connectivity index (χ1) is 17.6. The standard InChI is InChI=1S/C18H30F9O10P/c19-16(20,21)13-32-4-1-29-7-10-35-38(28,36-11-8-30-2-5-33-14-17(22,23)24)37-12-9-31-3-6-34-15-18(25,26)27/h1-15H2. The highest BCUT2D eigenvalue weighted by atomic mass is 31.2. The van der Waals surface area contributed by atoms with Gasteiger partial charge in [0.2, 0.25) is 0 Å². The van der Waals surface area contributed by atoms with Crippen LogP contribution >= 0.6 is 7.82 Å². The summed E-state index contributed by atoms with van der Waals surface area (Å²) in [5, 5.41) is 0. The maximum Gasteiger partial charge on any atom is 0.475 e. The summed E-state index contributed by atoms with van der Waals surface area (Å²) in [4.78, 5) is 0. The van der Waals surface area contributed by atoms with Gasteiger partial charge in [-0.3, -0.25) is 13.6 Å². The average Bonchev–Trinajstić information content (AvgIpc) is 2.77. The second-order valence-electron chi connectivity index (χ2n) is 6.79. The molecular weight excluding hydrogens is 578 g/mol. The van der Waals surface area contributed by atoms with Crippen LogP contribution in [0.15, 0.2) is 0 Å². The van der Waals surface area contributed by atoms with Crippen LogP contribution in [0.5, 0.6) is 0 Å². The van der Waals surface area contributed by atoms with Crippen molar-refractivity contribution in [2.75, 3.05) is 99.1 Å². The van der Waals surface area contributed by atoms with Crippen LogP contribution in [0.25, 0.3) is 0 Å². The van der Waals surface area contributed by atoms with E-state index in [1.807, 2.05) is 0 Å². The minimum Gasteiger partial charge on any atom is -0.377 e. The molecule has 0 aliphatic rings. The molecule has 0 unspecified atom stereocenters. The molecule has 0 aliphatic heterocycles. The van der Waals surface area contributed by atoms with Crippen molar-refractivity contribution < 1.29 is 86.1 Å². The number of halogens is 9. The number of alkyl halides is 9. The fraction of sp³-hybridized carbons (Fsp3) is 1.00. The third-order valence-corrected chi connectivity index (χ3v) is 4.84. The van der Waals surface area contributed by atoms with E-state index in [1.54, 1.807) is 0 Å². The van der Waals surface area contributed by atoms with E-state index in [1.165, 1.54) is 0 Å². The molecular formula is C18H30F9O10P. The van der Waals surface area contributed by atoms with E-state index < -0.39 is 46.2 Å². The molecule has 0 aromatic carbocycles. The SMILES string of the molecule is O=P(OCCOCCOCC(F)(F)F)(OCCOCCOCC(F)(F)F)OCCOCCOCC(F)(F)F. The van der Waals surface area contributed by atoms with E-state index in [-0.39, 0.29) is 79.3 Å². The Morgan fingerprint density at radius 1 is 0.368 bits per heavy atom. The zero-order valence-corrected chi connectivity index (χ0v) is 20.9. The third kappa shape index (κ3) is 28.3. The molecule has 38 heavy (non-hydrogen) atoms. The van der Waals surface area contributed by atoms with Crippen molar-refractivity contribution in [3.63, 3.8) is 0 Å². The number of hydrogen-bond donors (Lipinski definition) is 0. The van der Waals surface area contributed by atoms with E-state index in [2.05, 4.69) is 14.2 Å². The molecule has 230 valence electrons. The van der Waals surface area contributed by atoms with Crippen LogP contribution in [-0.2, 0) is 46.6 Å². The molecule has 0 saturated carbocycles.